The minimum atomic E-state index is -0.913. The average molecular weight is 275 g/mol. The highest BCUT2D eigenvalue weighted by atomic mass is 16.3. The molecule has 1 fully saturated rings. The second kappa shape index (κ2) is 5.45. The molecule has 110 valence electrons. The van der Waals surface area contributed by atoms with E-state index in [4.69, 9.17) is 0 Å². The van der Waals surface area contributed by atoms with Crippen molar-refractivity contribution in [1.82, 2.24) is 4.98 Å². The molecule has 2 N–H and O–H groups in total. The van der Waals surface area contributed by atoms with Crippen molar-refractivity contribution in [2.75, 3.05) is 0 Å². The topological polar surface area (TPSA) is 53.4 Å². The van der Waals surface area contributed by atoms with E-state index in [0.29, 0.717) is 18.8 Å². The Morgan fingerprint density at radius 2 is 2.05 bits per heavy atom. The lowest BCUT2D eigenvalue weighted by Gasteiger charge is -2.42. The SMILES string of the molecule is CC1CCC(O)(C(O)C2CCCc3cccnc32)CC1. The van der Waals surface area contributed by atoms with E-state index in [2.05, 4.69) is 18.0 Å². The highest BCUT2D eigenvalue weighted by molar-refractivity contribution is 5.27. The van der Waals surface area contributed by atoms with Gasteiger partial charge in [0.1, 0.15) is 0 Å². The molecule has 2 aliphatic carbocycles. The van der Waals surface area contributed by atoms with E-state index >= 15 is 0 Å². The fourth-order valence-electron chi connectivity index (χ4n) is 3.88. The molecule has 0 radical (unpaired) electrons. The predicted octanol–water partition coefficient (Wildman–Crippen LogP) is 2.80. The maximum Gasteiger partial charge on any atom is 0.0912 e. The zero-order chi connectivity index (χ0) is 14.2. The first-order valence-corrected chi connectivity index (χ1v) is 7.94. The smallest absolute Gasteiger partial charge is 0.0912 e. The lowest BCUT2D eigenvalue weighted by Crippen LogP contribution is -2.48. The van der Waals surface area contributed by atoms with Gasteiger partial charge in [0.2, 0.25) is 0 Å². The number of aromatic nitrogens is 1. The molecule has 0 aromatic carbocycles. The molecule has 2 unspecified atom stereocenters. The zero-order valence-electron chi connectivity index (χ0n) is 12.3. The van der Waals surface area contributed by atoms with Crippen LogP contribution in [0, 0.1) is 5.92 Å². The number of aryl methyl sites for hydroxylation is 1. The van der Waals surface area contributed by atoms with Crippen molar-refractivity contribution in [3.8, 4) is 0 Å². The summed E-state index contributed by atoms with van der Waals surface area (Å²) in [5, 5.41) is 21.7. The molecule has 1 aromatic heterocycles. The first kappa shape index (κ1) is 14.0. The minimum Gasteiger partial charge on any atom is -0.389 e. The summed E-state index contributed by atoms with van der Waals surface area (Å²) in [5.74, 6) is 0.664. The van der Waals surface area contributed by atoms with E-state index < -0.39 is 11.7 Å². The maximum absolute atomic E-state index is 10.9. The molecule has 0 amide bonds. The van der Waals surface area contributed by atoms with Crippen LogP contribution in [-0.2, 0) is 6.42 Å². The maximum atomic E-state index is 10.9. The Morgan fingerprint density at radius 1 is 1.30 bits per heavy atom. The summed E-state index contributed by atoms with van der Waals surface area (Å²) in [6.45, 7) is 2.23. The molecular formula is C17H25NO2. The Hall–Kier alpha value is -0.930. The van der Waals surface area contributed by atoms with Gasteiger partial charge in [0.15, 0.2) is 0 Å². The van der Waals surface area contributed by atoms with Crippen LogP contribution < -0.4 is 0 Å². The van der Waals surface area contributed by atoms with Gasteiger partial charge < -0.3 is 10.2 Å². The molecule has 2 aliphatic rings. The standard InChI is InChI=1S/C17H25NO2/c1-12-7-9-17(20,10-8-12)16(19)14-6-2-4-13-5-3-11-18-15(13)14/h3,5,11-12,14,16,19-20H,2,4,6-10H2,1H3. The van der Waals surface area contributed by atoms with Gasteiger partial charge in [-0.1, -0.05) is 13.0 Å². The Morgan fingerprint density at radius 3 is 2.80 bits per heavy atom. The summed E-state index contributed by atoms with van der Waals surface area (Å²) in [7, 11) is 0. The van der Waals surface area contributed by atoms with E-state index in [1.807, 2.05) is 6.07 Å². The van der Waals surface area contributed by atoms with E-state index in [1.54, 1.807) is 6.20 Å². The Balaban J connectivity index is 1.83. The Labute approximate surface area is 121 Å². The van der Waals surface area contributed by atoms with Crippen LogP contribution in [0.25, 0.3) is 0 Å². The van der Waals surface area contributed by atoms with Gasteiger partial charge in [0.25, 0.3) is 0 Å². The normalized spacial score (nSPS) is 35.4. The van der Waals surface area contributed by atoms with Crippen LogP contribution in [0.1, 0.15) is 62.6 Å². The molecule has 1 saturated carbocycles. The third-order valence-corrected chi connectivity index (χ3v) is 5.31. The monoisotopic (exact) mass is 275 g/mol. The molecule has 3 heteroatoms. The zero-order valence-corrected chi connectivity index (χ0v) is 12.3. The van der Waals surface area contributed by atoms with Gasteiger partial charge in [-0.3, -0.25) is 4.98 Å². The molecule has 0 spiro atoms. The average Bonchev–Trinajstić information content (AvgIpc) is 2.49. The van der Waals surface area contributed by atoms with Crippen molar-refractivity contribution in [2.45, 2.75) is 69.5 Å². The van der Waals surface area contributed by atoms with Gasteiger partial charge in [-0.2, -0.15) is 0 Å². The minimum absolute atomic E-state index is 0.00152. The molecule has 0 bridgehead atoms. The van der Waals surface area contributed by atoms with Gasteiger partial charge in [0, 0.05) is 17.8 Å². The van der Waals surface area contributed by atoms with Crippen LogP contribution in [0.5, 0.6) is 0 Å². The Kier molecular flexibility index (Phi) is 3.83. The van der Waals surface area contributed by atoms with Crippen LogP contribution in [0.15, 0.2) is 18.3 Å². The second-order valence-electron chi connectivity index (χ2n) is 6.78. The number of hydrogen-bond acceptors (Lipinski definition) is 3. The highest BCUT2D eigenvalue weighted by Crippen LogP contribution is 2.42. The second-order valence-corrected chi connectivity index (χ2v) is 6.78. The number of nitrogens with zero attached hydrogens (tertiary/aromatic N) is 1. The molecule has 0 saturated heterocycles. The number of fused-ring (bicyclic) bond motifs is 1. The Bertz CT molecular complexity index is 466. The summed E-state index contributed by atoms with van der Waals surface area (Å²) in [6.07, 6.45) is 7.63. The van der Waals surface area contributed by atoms with Crippen LogP contribution in [-0.4, -0.2) is 26.9 Å². The molecule has 2 atom stereocenters. The number of hydrogen-bond donors (Lipinski definition) is 2. The van der Waals surface area contributed by atoms with Crippen molar-refractivity contribution in [2.24, 2.45) is 5.92 Å². The van der Waals surface area contributed by atoms with E-state index in [9.17, 15) is 10.2 Å². The lowest BCUT2D eigenvalue weighted by atomic mass is 9.70. The number of pyridine rings is 1. The van der Waals surface area contributed by atoms with Crippen molar-refractivity contribution < 1.29 is 10.2 Å². The van der Waals surface area contributed by atoms with Crippen molar-refractivity contribution >= 4 is 0 Å². The van der Waals surface area contributed by atoms with E-state index in [-0.39, 0.29) is 5.92 Å². The van der Waals surface area contributed by atoms with Gasteiger partial charge in [-0.05, 0) is 62.5 Å². The summed E-state index contributed by atoms with van der Waals surface area (Å²) < 4.78 is 0. The van der Waals surface area contributed by atoms with Crippen molar-refractivity contribution in [1.29, 1.82) is 0 Å². The van der Waals surface area contributed by atoms with E-state index in [0.717, 1.165) is 37.8 Å². The van der Waals surface area contributed by atoms with Crippen molar-refractivity contribution in [3.05, 3.63) is 29.6 Å². The number of aliphatic hydroxyl groups excluding tert-OH is 1. The third-order valence-electron chi connectivity index (χ3n) is 5.31. The van der Waals surface area contributed by atoms with Crippen LogP contribution >= 0.6 is 0 Å². The lowest BCUT2D eigenvalue weighted by molar-refractivity contribution is -0.115. The highest BCUT2D eigenvalue weighted by Gasteiger charge is 2.44. The van der Waals surface area contributed by atoms with Crippen molar-refractivity contribution in [3.63, 3.8) is 0 Å². The van der Waals surface area contributed by atoms with Gasteiger partial charge in [0.05, 0.1) is 11.7 Å². The van der Waals surface area contributed by atoms with Gasteiger partial charge >= 0.3 is 0 Å². The first-order valence-electron chi connectivity index (χ1n) is 7.94. The number of aliphatic hydroxyl groups is 2. The summed E-state index contributed by atoms with van der Waals surface area (Å²) in [4.78, 5) is 4.49. The fourth-order valence-corrected chi connectivity index (χ4v) is 3.88. The van der Waals surface area contributed by atoms with Crippen LogP contribution in [0.4, 0.5) is 0 Å². The summed E-state index contributed by atoms with van der Waals surface area (Å²) in [5.41, 5.74) is 1.34. The quantitative estimate of drug-likeness (QED) is 0.872. The number of rotatable bonds is 2. The fraction of sp³-hybridized carbons (Fsp3) is 0.706. The molecular weight excluding hydrogens is 250 g/mol. The van der Waals surface area contributed by atoms with Crippen LogP contribution in [0.3, 0.4) is 0 Å². The predicted molar refractivity (Wildman–Crippen MR) is 78.5 cm³/mol. The summed E-state index contributed by atoms with van der Waals surface area (Å²) in [6, 6.07) is 4.07. The van der Waals surface area contributed by atoms with Gasteiger partial charge in [-0.25, -0.2) is 0 Å². The molecule has 3 nitrogen and oxygen atoms in total. The van der Waals surface area contributed by atoms with Gasteiger partial charge in [-0.15, -0.1) is 0 Å². The molecule has 0 aliphatic heterocycles. The van der Waals surface area contributed by atoms with Crippen LogP contribution in [0.2, 0.25) is 0 Å². The molecule has 3 rings (SSSR count). The molecule has 1 aromatic rings. The summed E-state index contributed by atoms with van der Waals surface area (Å²) >= 11 is 0. The largest absolute Gasteiger partial charge is 0.389 e. The van der Waals surface area contributed by atoms with E-state index in [1.165, 1.54) is 5.56 Å². The molecule has 1 heterocycles. The third kappa shape index (κ3) is 2.49. The molecule has 20 heavy (non-hydrogen) atoms. The first-order chi connectivity index (χ1) is 9.60.